The van der Waals surface area contributed by atoms with Crippen LogP contribution in [0.3, 0.4) is 0 Å². The van der Waals surface area contributed by atoms with Gasteiger partial charge in [-0.3, -0.25) is 19.1 Å². The van der Waals surface area contributed by atoms with E-state index in [1.54, 1.807) is 16.7 Å². The number of hydrogen-bond acceptors (Lipinski definition) is 5. The fraction of sp³-hybridized carbons (Fsp3) is 0.250. The molecule has 8 nitrogen and oxygen atoms in total. The van der Waals surface area contributed by atoms with Crippen LogP contribution in [0.5, 0.6) is 0 Å². The molecule has 2 heterocycles. The molecular formula is C16H15ClN4O4S. The topological polar surface area (TPSA) is 110 Å². The van der Waals surface area contributed by atoms with E-state index in [4.69, 9.17) is 16.7 Å². The van der Waals surface area contributed by atoms with E-state index >= 15 is 0 Å². The first-order valence-electron chi connectivity index (χ1n) is 7.66. The van der Waals surface area contributed by atoms with Gasteiger partial charge in [-0.2, -0.15) is 0 Å². The summed E-state index contributed by atoms with van der Waals surface area (Å²) in [5.74, 6) is -0.635. The molecule has 0 unspecified atom stereocenters. The predicted molar refractivity (Wildman–Crippen MR) is 99.1 cm³/mol. The van der Waals surface area contributed by atoms with E-state index in [2.05, 4.69) is 9.97 Å². The van der Waals surface area contributed by atoms with Crippen LogP contribution < -0.4 is 11.2 Å². The van der Waals surface area contributed by atoms with Gasteiger partial charge in [-0.15, -0.1) is 0 Å². The molecule has 2 N–H and O–H groups in total. The van der Waals surface area contributed by atoms with Gasteiger partial charge in [0.1, 0.15) is 0 Å². The minimum atomic E-state index is -0.920. The minimum Gasteiger partial charge on any atom is -0.481 e. The summed E-state index contributed by atoms with van der Waals surface area (Å²) in [4.78, 5) is 41.7. The van der Waals surface area contributed by atoms with Gasteiger partial charge in [-0.25, -0.2) is 9.78 Å². The zero-order chi connectivity index (χ0) is 18.8. The lowest BCUT2D eigenvalue weighted by Crippen LogP contribution is -2.29. The van der Waals surface area contributed by atoms with E-state index in [9.17, 15) is 14.4 Å². The van der Waals surface area contributed by atoms with Crippen molar-refractivity contribution in [3.8, 4) is 0 Å². The van der Waals surface area contributed by atoms with Crippen LogP contribution in [0.25, 0.3) is 11.2 Å². The standard InChI is InChI=1S/C16H15ClN4O4S/c1-20-13-12(14(24)19-15(20)25)21(8-9-4-2-3-5-10(9)17)16(18-13)26-7-6-11(22)23/h2-5H,6-8H2,1H3,(H,22,23)(H,19,24,25). The van der Waals surface area contributed by atoms with Gasteiger partial charge in [-0.05, 0) is 11.6 Å². The van der Waals surface area contributed by atoms with Crippen molar-refractivity contribution in [2.75, 3.05) is 5.75 Å². The van der Waals surface area contributed by atoms with Crippen molar-refractivity contribution in [2.45, 2.75) is 18.1 Å². The van der Waals surface area contributed by atoms with Crippen molar-refractivity contribution in [3.63, 3.8) is 0 Å². The molecule has 1 aromatic carbocycles. The Morgan fingerprint density at radius 2 is 2.08 bits per heavy atom. The van der Waals surface area contributed by atoms with Gasteiger partial charge >= 0.3 is 11.7 Å². The predicted octanol–water partition coefficient (Wildman–Crippen LogP) is 1.69. The number of H-pyrrole nitrogens is 1. The van der Waals surface area contributed by atoms with Crippen LogP contribution in [0.2, 0.25) is 5.02 Å². The van der Waals surface area contributed by atoms with Gasteiger partial charge in [0.15, 0.2) is 16.3 Å². The second-order valence-corrected chi connectivity index (χ2v) is 7.02. The third kappa shape index (κ3) is 3.54. The van der Waals surface area contributed by atoms with Crippen molar-refractivity contribution in [1.82, 2.24) is 19.1 Å². The molecule has 0 amide bonds. The van der Waals surface area contributed by atoms with E-state index in [1.165, 1.54) is 23.4 Å². The highest BCUT2D eigenvalue weighted by Crippen LogP contribution is 2.25. The molecule has 0 saturated carbocycles. The molecule has 0 fully saturated rings. The van der Waals surface area contributed by atoms with Crippen LogP contribution in [0, 0.1) is 0 Å². The number of carbonyl (C=O) groups is 1. The molecule has 26 heavy (non-hydrogen) atoms. The Morgan fingerprint density at radius 1 is 1.35 bits per heavy atom. The Labute approximate surface area is 156 Å². The minimum absolute atomic E-state index is 0.0464. The number of aromatic nitrogens is 4. The molecule has 0 saturated heterocycles. The summed E-state index contributed by atoms with van der Waals surface area (Å²) in [6.45, 7) is 0.271. The number of thioether (sulfide) groups is 1. The van der Waals surface area contributed by atoms with Crippen LogP contribution >= 0.6 is 23.4 Å². The molecule has 3 rings (SSSR count). The van der Waals surface area contributed by atoms with Crippen LogP contribution in [0.1, 0.15) is 12.0 Å². The molecule has 2 aromatic heterocycles. The van der Waals surface area contributed by atoms with Crippen LogP contribution in [0.15, 0.2) is 39.0 Å². The lowest BCUT2D eigenvalue weighted by molar-refractivity contribution is -0.136. The van der Waals surface area contributed by atoms with Gasteiger partial charge in [0.2, 0.25) is 0 Å². The van der Waals surface area contributed by atoms with Crippen LogP contribution in [-0.2, 0) is 18.4 Å². The number of halogens is 1. The normalized spacial score (nSPS) is 11.2. The molecule has 0 radical (unpaired) electrons. The first kappa shape index (κ1) is 18.3. The number of hydrogen-bond donors (Lipinski definition) is 2. The Morgan fingerprint density at radius 3 is 2.77 bits per heavy atom. The van der Waals surface area contributed by atoms with Crippen molar-refractivity contribution < 1.29 is 9.90 Å². The lowest BCUT2D eigenvalue weighted by Gasteiger charge is -2.09. The lowest BCUT2D eigenvalue weighted by atomic mass is 10.2. The van der Waals surface area contributed by atoms with Crippen molar-refractivity contribution >= 4 is 40.5 Å². The maximum absolute atomic E-state index is 12.4. The first-order chi connectivity index (χ1) is 12.4. The molecule has 0 spiro atoms. The maximum atomic E-state index is 12.4. The Bertz CT molecular complexity index is 1100. The summed E-state index contributed by atoms with van der Waals surface area (Å²) in [6.07, 6.45) is -0.0464. The first-order valence-corrected chi connectivity index (χ1v) is 9.02. The fourth-order valence-corrected chi connectivity index (χ4v) is 3.62. The molecule has 0 aliphatic heterocycles. The largest absolute Gasteiger partial charge is 0.481 e. The van der Waals surface area contributed by atoms with E-state index < -0.39 is 17.2 Å². The summed E-state index contributed by atoms with van der Waals surface area (Å²) >= 11 is 7.44. The van der Waals surface area contributed by atoms with Gasteiger partial charge in [0.05, 0.1) is 13.0 Å². The second kappa shape index (κ2) is 7.38. The number of carboxylic acid groups (broad SMARTS) is 1. The van der Waals surface area contributed by atoms with Gasteiger partial charge in [-0.1, -0.05) is 41.6 Å². The van der Waals surface area contributed by atoms with Crippen molar-refractivity contribution in [3.05, 3.63) is 55.7 Å². The SMILES string of the molecule is Cn1c(=O)[nH]c(=O)c2c1nc(SCCC(=O)O)n2Cc1ccccc1Cl. The number of carboxylic acids is 1. The Hall–Kier alpha value is -2.52. The number of imidazole rings is 1. The summed E-state index contributed by atoms with van der Waals surface area (Å²) < 4.78 is 2.91. The number of fused-ring (bicyclic) bond motifs is 1. The van der Waals surface area contributed by atoms with Crippen LogP contribution in [-0.4, -0.2) is 35.9 Å². The monoisotopic (exact) mass is 394 g/mol. The number of rotatable bonds is 6. The third-order valence-corrected chi connectivity index (χ3v) is 5.15. The summed E-state index contributed by atoms with van der Waals surface area (Å²) in [6, 6.07) is 7.21. The van der Waals surface area contributed by atoms with Crippen LogP contribution in [0.4, 0.5) is 0 Å². The number of aliphatic carboxylic acids is 1. The molecule has 3 aromatic rings. The number of nitrogens with zero attached hydrogens (tertiary/aromatic N) is 3. The molecule has 136 valence electrons. The molecule has 0 aliphatic rings. The maximum Gasteiger partial charge on any atom is 0.329 e. The smallest absolute Gasteiger partial charge is 0.329 e. The zero-order valence-electron chi connectivity index (χ0n) is 13.7. The summed E-state index contributed by atoms with van der Waals surface area (Å²) in [5, 5.41) is 9.83. The Balaban J connectivity index is 2.15. The molecule has 0 bridgehead atoms. The van der Waals surface area contributed by atoms with Gasteiger partial charge in [0.25, 0.3) is 5.56 Å². The van der Waals surface area contributed by atoms with E-state index in [0.717, 1.165) is 5.56 Å². The highest BCUT2D eigenvalue weighted by atomic mass is 35.5. The molecule has 10 heteroatoms. The van der Waals surface area contributed by atoms with E-state index in [0.29, 0.717) is 10.2 Å². The number of benzene rings is 1. The van der Waals surface area contributed by atoms with Gasteiger partial charge < -0.3 is 9.67 Å². The van der Waals surface area contributed by atoms with E-state index in [1.807, 2.05) is 12.1 Å². The van der Waals surface area contributed by atoms with Gasteiger partial charge in [0, 0.05) is 17.8 Å². The average molecular weight is 395 g/mol. The second-order valence-electron chi connectivity index (χ2n) is 5.55. The number of nitrogens with one attached hydrogen (secondary N) is 1. The Kier molecular flexibility index (Phi) is 5.19. The third-order valence-electron chi connectivity index (χ3n) is 3.81. The zero-order valence-corrected chi connectivity index (χ0v) is 15.3. The average Bonchev–Trinajstić information content (AvgIpc) is 2.94. The summed E-state index contributed by atoms with van der Waals surface area (Å²) in [5.41, 5.74) is 0.148. The fourth-order valence-electron chi connectivity index (χ4n) is 2.50. The summed E-state index contributed by atoms with van der Waals surface area (Å²) in [7, 11) is 1.51. The van der Waals surface area contributed by atoms with Crippen molar-refractivity contribution in [2.24, 2.45) is 7.05 Å². The molecule has 0 aliphatic carbocycles. The van der Waals surface area contributed by atoms with Crippen molar-refractivity contribution in [1.29, 1.82) is 0 Å². The highest BCUT2D eigenvalue weighted by Gasteiger charge is 2.18. The number of aryl methyl sites for hydroxylation is 1. The van der Waals surface area contributed by atoms with E-state index in [-0.39, 0.29) is 29.9 Å². The molecule has 0 atom stereocenters. The highest BCUT2D eigenvalue weighted by molar-refractivity contribution is 7.99. The quantitative estimate of drug-likeness (QED) is 0.615. The number of aromatic amines is 1. The molecular weight excluding hydrogens is 380 g/mol.